The maximum Gasteiger partial charge on any atom is 0.0805 e. The van der Waals surface area contributed by atoms with Crippen LogP contribution < -0.4 is 0 Å². The van der Waals surface area contributed by atoms with E-state index in [4.69, 9.17) is 0 Å². The molecule has 24 heavy (non-hydrogen) atoms. The van der Waals surface area contributed by atoms with Crippen molar-refractivity contribution >= 4 is 0 Å². The first-order valence-corrected chi connectivity index (χ1v) is 8.59. The van der Waals surface area contributed by atoms with E-state index in [9.17, 15) is 10.2 Å². The Morgan fingerprint density at radius 2 is 1.54 bits per heavy atom. The number of rotatable bonds is 6. The lowest BCUT2D eigenvalue weighted by atomic mass is 9.94. The van der Waals surface area contributed by atoms with Crippen LogP contribution in [0.5, 0.6) is 0 Å². The van der Waals surface area contributed by atoms with Crippen LogP contribution in [0.3, 0.4) is 0 Å². The predicted octanol–water partition coefficient (Wildman–Crippen LogP) is 3.47. The van der Waals surface area contributed by atoms with Gasteiger partial charge in [-0.1, -0.05) is 72.8 Å². The highest BCUT2D eigenvalue weighted by atomic mass is 16.3. The molecule has 3 heteroatoms. The highest BCUT2D eigenvalue weighted by molar-refractivity contribution is 5.21. The van der Waals surface area contributed by atoms with Crippen LogP contribution in [-0.2, 0) is 0 Å². The molecule has 0 amide bonds. The molecule has 0 radical (unpaired) electrons. The Morgan fingerprint density at radius 3 is 2.17 bits per heavy atom. The Bertz CT molecular complexity index is 641. The summed E-state index contributed by atoms with van der Waals surface area (Å²) in [4.78, 5) is 2.31. The molecule has 3 nitrogen and oxygen atoms in total. The zero-order chi connectivity index (χ0) is 16.8. The highest BCUT2D eigenvalue weighted by Crippen LogP contribution is 2.31. The second-order valence-electron chi connectivity index (χ2n) is 6.33. The minimum absolute atomic E-state index is 0.0378. The molecule has 0 saturated carbocycles. The number of hydrogen-bond acceptors (Lipinski definition) is 3. The standard InChI is InChI=1S/C21H25NO2/c23-16-20(17-9-3-1-4-10-17)22-14-8-7-13-19(22)15-21(24)18-11-5-2-6-12-18/h1-12,19-21,23-24H,13-16H2/t19?,20?,21-/m0/s1. The van der Waals surface area contributed by atoms with E-state index in [0.717, 1.165) is 24.1 Å². The van der Waals surface area contributed by atoms with E-state index in [1.54, 1.807) is 0 Å². The van der Waals surface area contributed by atoms with Gasteiger partial charge in [0.1, 0.15) is 0 Å². The Labute approximate surface area is 143 Å². The molecule has 0 aliphatic carbocycles. The molecular formula is C21H25NO2. The van der Waals surface area contributed by atoms with Gasteiger partial charge >= 0.3 is 0 Å². The molecule has 2 aromatic rings. The number of aliphatic hydroxyl groups excluding tert-OH is 2. The third kappa shape index (κ3) is 3.93. The van der Waals surface area contributed by atoms with Gasteiger partial charge in [-0.05, 0) is 24.0 Å². The Balaban J connectivity index is 1.77. The SMILES string of the molecule is OCC(c1ccccc1)N1CC=CCC1C[C@H](O)c1ccccc1. The third-order valence-electron chi connectivity index (χ3n) is 4.80. The van der Waals surface area contributed by atoms with E-state index in [2.05, 4.69) is 29.2 Å². The van der Waals surface area contributed by atoms with Gasteiger partial charge in [0.25, 0.3) is 0 Å². The summed E-state index contributed by atoms with van der Waals surface area (Å²) in [5.41, 5.74) is 2.07. The highest BCUT2D eigenvalue weighted by Gasteiger charge is 2.29. The molecule has 2 N–H and O–H groups in total. The summed E-state index contributed by atoms with van der Waals surface area (Å²) in [5, 5.41) is 20.6. The molecule has 0 aromatic heterocycles. The van der Waals surface area contributed by atoms with Crippen molar-refractivity contribution in [3.8, 4) is 0 Å². The molecular weight excluding hydrogens is 298 g/mol. The lowest BCUT2D eigenvalue weighted by Crippen LogP contribution is -2.42. The monoisotopic (exact) mass is 323 g/mol. The lowest BCUT2D eigenvalue weighted by Gasteiger charge is -2.39. The van der Waals surface area contributed by atoms with Crippen LogP contribution in [0.15, 0.2) is 72.8 Å². The number of nitrogens with zero attached hydrogens (tertiary/aromatic N) is 1. The van der Waals surface area contributed by atoms with E-state index in [-0.39, 0.29) is 18.7 Å². The van der Waals surface area contributed by atoms with Gasteiger partial charge < -0.3 is 10.2 Å². The summed E-state index contributed by atoms with van der Waals surface area (Å²) in [7, 11) is 0. The Kier molecular flexibility index (Phi) is 5.81. The van der Waals surface area contributed by atoms with Crippen LogP contribution >= 0.6 is 0 Å². The lowest BCUT2D eigenvalue weighted by molar-refractivity contribution is 0.0532. The third-order valence-corrected chi connectivity index (χ3v) is 4.80. The quantitative estimate of drug-likeness (QED) is 0.800. The first-order valence-electron chi connectivity index (χ1n) is 8.59. The van der Waals surface area contributed by atoms with Crippen molar-refractivity contribution in [2.24, 2.45) is 0 Å². The largest absolute Gasteiger partial charge is 0.394 e. The van der Waals surface area contributed by atoms with Crippen LogP contribution in [0.2, 0.25) is 0 Å². The van der Waals surface area contributed by atoms with Gasteiger partial charge in [0, 0.05) is 12.6 Å². The van der Waals surface area contributed by atoms with Crippen molar-refractivity contribution in [1.29, 1.82) is 0 Å². The van der Waals surface area contributed by atoms with Gasteiger partial charge in [-0.2, -0.15) is 0 Å². The average molecular weight is 323 g/mol. The van der Waals surface area contributed by atoms with Crippen molar-refractivity contribution < 1.29 is 10.2 Å². The fourth-order valence-corrected chi connectivity index (χ4v) is 3.49. The van der Waals surface area contributed by atoms with Gasteiger partial charge in [0.15, 0.2) is 0 Å². The molecule has 126 valence electrons. The summed E-state index contributed by atoms with van der Waals surface area (Å²) in [5.74, 6) is 0. The molecule has 0 spiro atoms. The van der Waals surface area contributed by atoms with Crippen molar-refractivity contribution in [2.75, 3.05) is 13.2 Å². The van der Waals surface area contributed by atoms with Gasteiger partial charge in [0.2, 0.25) is 0 Å². The van der Waals surface area contributed by atoms with Crippen molar-refractivity contribution in [1.82, 2.24) is 4.90 Å². The molecule has 3 atom stereocenters. The van der Waals surface area contributed by atoms with Crippen molar-refractivity contribution in [3.63, 3.8) is 0 Å². The molecule has 0 saturated heterocycles. The summed E-state index contributed by atoms with van der Waals surface area (Å²) >= 11 is 0. The zero-order valence-electron chi connectivity index (χ0n) is 13.8. The van der Waals surface area contributed by atoms with Crippen molar-refractivity contribution in [3.05, 3.63) is 83.9 Å². The van der Waals surface area contributed by atoms with Crippen LogP contribution in [0.1, 0.15) is 36.1 Å². The number of hydrogen-bond donors (Lipinski definition) is 2. The van der Waals surface area contributed by atoms with E-state index in [1.807, 2.05) is 48.5 Å². The minimum atomic E-state index is -0.486. The van der Waals surface area contributed by atoms with Crippen LogP contribution in [0, 0.1) is 0 Å². The fourth-order valence-electron chi connectivity index (χ4n) is 3.49. The normalized spacial score (nSPS) is 20.7. The second-order valence-corrected chi connectivity index (χ2v) is 6.33. The molecule has 2 unspecified atom stereocenters. The Hall–Kier alpha value is -1.94. The summed E-state index contributed by atoms with van der Waals surface area (Å²) < 4.78 is 0. The second kappa shape index (κ2) is 8.25. The molecule has 1 aliphatic rings. The van der Waals surface area contributed by atoms with E-state index >= 15 is 0 Å². The van der Waals surface area contributed by atoms with Crippen molar-refractivity contribution in [2.45, 2.75) is 31.0 Å². The minimum Gasteiger partial charge on any atom is -0.394 e. The van der Waals surface area contributed by atoms with Crippen LogP contribution in [-0.4, -0.2) is 34.3 Å². The summed E-state index contributed by atoms with van der Waals surface area (Å²) in [6.45, 7) is 0.877. The van der Waals surface area contributed by atoms with E-state index < -0.39 is 6.10 Å². The Morgan fingerprint density at radius 1 is 0.917 bits per heavy atom. The maximum absolute atomic E-state index is 10.6. The molecule has 1 aliphatic heterocycles. The zero-order valence-corrected chi connectivity index (χ0v) is 13.8. The maximum atomic E-state index is 10.6. The molecule has 2 aromatic carbocycles. The smallest absolute Gasteiger partial charge is 0.0805 e. The number of aliphatic hydroxyl groups is 2. The average Bonchev–Trinajstić information content (AvgIpc) is 2.65. The van der Waals surface area contributed by atoms with E-state index in [1.165, 1.54) is 0 Å². The molecule has 0 fully saturated rings. The molecule has 1 heterocycles. The van der Waals surface area contributed by atoms with Crippen LogP contribution in [0.4, 0.5) is 0 Å². The van der Waals surface area contributed by atoms with Gasteiger partial charge in [0.05, 0.1) is 18.8 Å². The van der Waals surface area contributed by atoms with Gasteiger partial charge in [-0.15, -0.1) is 0 Å². The number of benzene rings is 2. The molecule has 0 bridgehead atoms. The fraction of sp³-hybridized carbons (Fsp3) is 0.333. The predicted molar refractivity (Wildman–Crippen MR) is 96.5 cm³/mol. The molecule has 3 rings (SSSR count). The van der Waals surface area contributed by atoms with Gasteiger partial charge in [-0.3, -0.25) is 4.90 Å². The first kappa shape index (κ1) is 16.9. The van der Waals surface area contributed by atoms with Crippen LogP contribution in [0.25, 0.3) is 0 Å². The summed E-state index contributed by atoms with van der Waals surface area (Å²) in [6, 6.07) is 20.1. The van der Waals surface area contributed by atoms with Gasteiger partial charge in [-0.25, -0.2) is 0 Å². The van der Waals surface area contributed by atoms with E-state index in [0.29, 0.717) is 6.42 Å². The first-order chi connectivity index (χ1) is 11.8. The summed E-state index contributed by atoms with van der Waals surface area (Å²) in [6.07, 6.45) is 5.40. The topological polar surface area (TPSA) is 43.7 Å².